The Hall–Kier alpha value is -2.85. The second-order valence-corrected chi connectivity index (χ2v) is 8.13. The van der Waals surface area contributed by atoms with Crippen LogP contribution in [0.3, 0.4) is 0 Å². The predicted molar refractivity (Wildman–Crippen MR) is 131 cm³/mol. The van der Waals surface area contributed by atoms with Crippen LogP contribution >= 0.6 is 11.6 Å². The zero-order valence-electron chi connectivity index (χ0n) is 18.2. The summed E-state index contributed by atoms with van der Waals surface area (Å²) in [7, 11) is 2.24. The van der Waals surface area contributed by atoms with Gasteiger partial charge in [0, 0.05) is 17.8 Å². The minimum atomic E-state index is -0.333. The maximum atomic E-state index is 12.9. The van der Waals surface area contributed by atoms with Gasteiger partial charge in [0.25, 0.3) is 0 Å². The molecule has 0 unspecified atom stereocenters. The van der Waals surface area contributed by atoms with Gasteiger partial charge in [-0.05, 0) is 35.2 Å². The number of halogens is 2. The largest absolute Gasteiger partial charge is 0.302 e. The molecule has 0 saturated carbocycles. The molecule has 0 aliphatic rings. The number of benzene rings is 3. The first-order chi connectivity index (χ1) is 15.0. The van der Waals surface area contributed by atoms with Gasteiger partial charge in [-0.25, -0.2) is 9.37 Å². The Bertz CT molecular complexity index is 1040. The zero-order valence-corrected chi connectivity index (χ0v) is 18.9. The molecule has 0 fully saturated rings. The van der Waals surface area contributed by atoms with Gasteiger partial charge in [-0.2, -0.15) is 0 Å². The Kier molecular flexibility index (Phi) is 8.08. The standard InChI is InChI=1S/C14H15B.C12H12ClFN2/c15-11-14(12-7-3-1-4-8-12)13-9-5-2-6-10-13;1-8(2)12-6-15-7-16(12)11-4-3-9(14)5-10(11)13/h1-10,14H,11,15H2;3-8H,1-2H3. The lowest BCUT2D eigenvalue weighted by molar-refractivity contribution is 0.627. The Morgan fingerprint density at radius 2 is 1.52 bits per heavy atom. The van der Waals surface area contributed by atoms with Crippen LogP contribution < -0.4 is 0 Å². The smallest absolute Gasteiger partial charge is 0.124 e. The highest BCUT2D eigenvalue weighted by Gasteiger charge is 2.11. The summed E-state index contributed by atoms with van der Waals surface area (Å²) in [4.78, 5) is 4.09. The first-order valence-corrected chi connectivity index (χ1v) is 11.0. The lowest BCUT2D eigenvalue weighted by Crippen LogP contribution is -2.01. The van der Waals surface area contributed by atoms with E-state index in [2.05, 4.69) is 87.3 Å². The maximum absolute atomic E-state index is 12.9. The highest BCUT2D eigenvalue weighted by Crippen LogP contribution is 2.27. The molecule has 0 saturated heterocycles. The van der Waals surface area contributed by atoms with Gasteiger partial charge in [-0.15, -0.1) is 0 Å². The first kappa shape index (κ1) is 22.8. The van der Waals surface area contributed by atoms with Crippen molar-refractivity contribution in [3.05, 3.63) is 119 Å². The quantitative estimate of drug-likeness (QED) is 0.322. The van der Waals surface area contributed by atoms with Crippen LogP contribution in [0, 0.1) is 5.82 Å². The molecule has 0 aliphatic carbocycles. The van der Waals surface area contributed by atoms with Crippen LogP contribution in [0.25, 0.3) is 5.69 Å². The van der Waals surface area contributed by atoms with E-state index >= 15 is 0 Å². The van der Waals surface area contributed by atoms with Gasteiger partial charge < -0.3 is 4.57 Å². The first-order valence-electron chi connectivity index (χ1n) is 10.6. The van der Waals surface area contributed by atoms with E-state index in [-0.39, 0.29) is 5.82 Å². The molecule has 31 heavy (non-hydrogen) atoms. The molecule has 0 N–H and O–H groups in total. The van der Waals surface area contributed by atoms with E-state index in [1.807, 2.05) is 4.57 Å². The average Bonchev–Trinajstić information content (AvgIpc) is 3.26. The summed E-state index contributed by atoms with van der Waals surface area (Å²) in [6.45, 7) is 4.15. The number of hydrogen-bond acceptors (Lipinski definition) is 1. The van der Waals surface area contributed by atoms with Gasteiger partial charge in [-0.1, -0.05) is 92.4 Å². The SMILES string of the molecule is BCC(c1ccccc1)c1ccccc1.CC(C)c1cncn1-c1ccc(F)cc1Cl. The van der Waals surface area contributed by atoms with Crippen LogP contribution in [0.4, 0.5) is 4.39 Å². The van der Waals surface area contributed by atoms with Crippen molar-refractivity contribution in [3.63, 3.8) is 0 Å². The molecule has 0 spiro atoms. The molecule has 5 heteroatoms. The summed E-state index contributed by atoms with van der Waals surface area (Å²) < 4.78 is 14.8. The molecular formula is C26H27BClFN2. The van der Waals surface area contributed by atoms with Crippen LogP contribution in [0.1, 0.15) is 42.5 Å². The Morgan fingerprint density at radius 3 is 2.00 bits per heavy atom. The van der Waals surface area contributed by atoms with Crippen LogP contribution in [0.5, 0.6) is 0 Å². The fourth-order valence-electron chi connectivity index (χ4n) is 3.64. The van der Waals surface area contributed by atoms with Crippen LogP contribution in [-0.2, 0) is 0 Å². The van der Waals surface area contributed by atoms with Gasteiger partial charge in [0.1, 0.15) is 13.7 Å². The van der Waals surface area contributed by atoms with E-state index in [1.165, 1.54) is 23.3 Å². The van der Waals surface area contributed by atoms with E-state index in [9.17, 15) is 4.39 Å². The molecule has 0 bridgehead atoms. The van der Waals surface area contributed by atoms with E-state index in [4.69, 9.17) is 11.6 Å². The van der Waals surface area contributed by atoms with E-state index in [0.717, 1.165) is 17.7 Å². The monoisotopic (exact) mass is 432 g/mol. The minimum Gasteiger partial charge on any atom is -0.302 e. The van der Waals surface area contributed by atoms with Crippen LogP contribution in [-0.4, -0.2) is 17.4 Å². The van der Waals surface area contributed by atoms with Gasteiger partial charge in [0.05, 0.1) is 17.0 Å². The minimum absolute atomic E-state index is 0.333. The van der Waals surface area contributed by atoms with Gasteiger partial charge in [0.15, 0.2) is 0 Å². The van der Waals surface area contributed by atoms with E-state index in [0.29, 0.717) is 16.9 Å². The Balaban J connectivity index is 0.000000176. The van der Waals surface area contributed by atoms with Crippen LogP contribution in [0.2, 0.25) is 11.3 Å². The summed E-state index contributed by atoms with van der Waals surface area (Å²) in [5.41, 5.74) is 4.62. The van der Waals surface area contributed by atoms with Crippen molar-refractivity contribution in [3.8, 4) is 5.69 Å². The molecule has 4 aromatic rings. The Morgan fingerprint density at radius 1 is 0.935 bits per heavy atom. The highest BCUT2D eigenvalue weighted by molar-refractivity contribution is 6.32. The predicted octanol–water partition coefficient (Wildman–Crippen LogP) is 6.66. The lowest BCUT2D eigenvalue weighted by atomic mass is 9.81. The molecule has 1 aromatic heterocycles. The molecule has 0 atom stereocenters. The third-order valence-corrected chi connectivity index (χ3v) is 5.54. The molecule has 0 radical (unpaired) electrons. The Labute approximate surface area is 190 Å². The molecule has 158 valence electrons. The summed E-state index contributed by atoms with van der Waals surface area (Å²) >= 11 is 6.01. The van der Waals surface area contributed by atoms with Crippen molar-refractivity contribution in [1.29, 1.82) is 0 Å². The number of aromatic nitrogens is 2. The van der Waals surface area contributed by atoms with Crippen molar-refractivity contribution < 1.29 is 4.39 Å². The van der Waals surface area contributed by atoms with Gasteiger partial charge >= 0.3 is 0 Å². The number of imidazole rings is 1. The number of hydrogen-bond donors (Lipinski definition) is 0. The average molecular weight is 433 g/mol. The van der Waals surface area contributed by atoms with Crippen molar-refractivity contribution in [1.82, 2.24) is 9.55 Å². The van der Waals surface area contributed by atoms with Crippen molar-refractivity contribution >= 4 is 19.4 Å². The molecule has 1 heterocycles. The van der Waals surface area contributed by atoms with E-state index < -0.39 is 0 Å². The summed E-state index contributed by atoms with van der Waals surface area (Å²) in [6.07, 6.45) is 4.63. The second kappa shape index (κ2) is 11.0. The molecule has 4 rings (SSSR count). The van der Waals surface area contributed by atoms with Crippen molar-refractivity contribution in [2.75, 3.05) is 0 Å². The number of nitrogens with zero attached hydrogens (tertiary/aromatic N) is 2. The molecular weight excluding hydrogens is 406 g/mol. The third kappa shape index (κ3) is 5.86. The fraction of sp³-hybridized carbons (Fsp3) is 0.192. The number of rotatable bonds is 5. The summed E-state index contributed by atoms with van der Waals surface area (Å²) in [5.74, 6) is 0.538. The lowest BCUT2D eigenvalue weighted by Gasteiger charge is -2.15. The molecule has 0 aliphatic heterocycles. The van der Waals surface area contributed by atoms with Gasteiger partial charge in [-0.3, -0.25) is 0 Å². The van der Waals surface area contributed by atoms with Crippen LogP contribution in [0.15, 0.2) is 91.4 Å². The molecule has 3 aromatic carbocycles. The van der Waals surface area contributed by atoms with E-state index in [1.54, 1.807) is 18.6 Å². The fourth-order valence-corrected chi connectivity index (χ4v) is 3.90. The second-order valence-electron chi connectivity index (χ2n) is 7.72. The molecule has 2 nitrogen and oxygen atoms in total. The normalized spacial score (nSPS) is 10.8. The van der Waals surface area contributed by atoms with Gasteiger partial charge in [0.2, 0.25) is 0 Å². The highest BCUT2D eigenvalue weighted by atomic mass is 35.5. The summed E-state index contributed by atoms with van der Waals surface area (Å²) in [6, 6.07) is 25.8. The van der Waals surface area contributed by atoms with Crippen molar-refractivity contribution in [2.24, 2.45) is 0 Å². The third-order valence-electron chi connectivity index (χ3n) is 5.24. The van der Waals surface area contributed by atoms with Crippen molar-refractivity contribution in [2.45, 2.75) is 32.0 Å². The zero-order chi connectivity index (χ0) is 22.2. The summed E-state index contributed by atoms with van der Waals surface area (Å²) in [5, 5.41) is 0.389. The maximum Gasteiger partial charge on any atom is 0.124 e. The molecule has 0 amide bonds. The topological polar surface area (TPSA) is 17.8 Å².